The lowest BCUT2D eigenvalue weighted by atomic mass is 10.2. The van der Waals surface area contributed by atoms with E-state index in [1.54, 1.807) is 37.4 Å². The highest BCUT2D eigenvalue weighted by Crippen LogP contribution is 2.25. The smallest absolute Gasteiger partial charge is 0.236 e. The van der Waals surface area contributed by atoms with Crippen LogP contribution in [0.4, 0.5) is 0 Å². The molecule has 0 saturated carbocycles. The highest BCUT2D eigenvalue weighted by molar-refractivity contribution is 7.90. The summed E-state index contributed by atoms with van der Waals surface area (Å²) in [6, 6.07) is 8.99. The predicted octanol–water partition coefficient (Wildman–Crippen LogP) is 1.24. The first-order valence-electron chi connectivity index (χ1n) is 7.22. The molecule has 1 amide bonds. The molecule has 1 aromatic heterocycles. The third kappa shape index (κ3) is 4.77. The fourth-order valence-electron chi connectivity index (χ4n) is 1.87. The van der Waals surface area contributed by atoms with Crippen LogP contribution in [0.25, 0.3) is 0 Å². The van der Waals surface area contributed by atoms with Crippen LogP contribution in [-0.2, 0) is 21.2 Å². The van der Waals surface area contributed by atoms with E-state index in [0.717, 1.165) is 6.26 Å². The Balaban J connectivity index is 2.20. The van der Waals surface area contributed by atoms with Crippen molar-refractivity contribution in [2.75, 3.05) is 6.26 Å². The summed E-state index contributed by atoms with van der Waals surface area (Å²) in [5.74, 6) is 0.341. The van der Waals surface area contributed by atoms with Gasteiger partial charge in [0.25, 0.3) is 0 Å². The SMILES string of the molecule is C[C@@H](N)C(=O)NCc1cccnc1Oc1cccc(S(C)(=O)=O)c1. The molecule has 0 aliphatic rings. The average molecular weight is 349 g/mol. The maximum atomic E-state index is 11.6. The molecule has 7 nitrogen and oxygen atoms in total. The van der Waals surface area contributed by atoms with Gasteiger partial charge in [0.15, 0.2) is 9.84 Å². The minimum Gasteiger partial charge on any atom is -0.439 e. The summed E-state index contributed by atoms with van der Waals surface area (Å²) < 4.78 is 28.9. The lowest BCUT2D eigenvalue weighted by Crippen LogP contribution is -2.37. The Bertz CT molecular complexity index is 835. The van der Waals surface area contributed by atoms with Crippen LogP contribution in [0.15, 0.2) is 47.5 Å². The van der Waals surface area contributed by atoms with E-state index in [4.69, 9.17) is 10.5 Å². The number of pyridine rings is 1. The maximum Gasteiger partial charge on any atom is 0.236 e. The largest absolute Gasteiger partial charge is 0.439 e. The van der Waals surface area contributed by atoms with E-state index >= 15 is 0 Å². The molecule has 0 spiro atoms. The van der Waals surface area contributed by atoms with Gasteiger partial charge in [0.1, 0.15) is 5.75 Å². The van der Waals surface area contributed by atoms with Gasteiger partial charge in [-0.05, 0) is 31.2 Å². The number of amides is 1. The second kappa shape index (κ2) is 7.41. The van der Waals surface area contributed by atoms with Crippen molar-refractivity contribution in [1.29, 1.82) is 0 Å². The molecule has 0 bridgehead atoms. The van der Waals surface area contributed by atoms with Gasteiger partial charge in [-0.25, -0.2) is 13.4 Å². The molecular formula is C16H19N3O4S. The molecule has 2 aromatic rings. The van der Waals surface area contributed by atoms with Gasteiger partial charge in [-0.2, -0.15) is 0 Å². The molecule has 0 unspecified atom stereocenters. The Hall–Kier alpha value is -2.45. The number of aromatic nitrogens is 1. The van der Waals surface area contributed by atoms with E-state index in [1.807, 2.05) is 0 Å². The summed E-state index contributed by atoms with van der Waals surface area (Å²) in [5.41, 5.74) is 6.15. The van der Waals surface area contributed by atoms with E-state index in [1.165, 1.54) is 12.1 Å². The zero-order valence-corrected chi connectivity index (χ0v) is 14.2. The number of hydrogen-bond acceptors (Lipinski definition) is 6. The van der Waals surface area contributed by atoms with Gasteiger partial charge in [-0.3, -0.25) is 4.79 Å². The van der Waals surface area contributed by atoms with E-state index < -0.39 is 15.9 Å². The normalized spacial score (nSPS) is 12.5. The summed E-state index contributed by atoms with van der Waals surface area (Å²) in [6.07, 6.45) is 2.68. The third-order valence-electron chi connectivity index (χ3n) is 3.16. The van der Waals surface area contributed by atoms with Gasteiger partial charge in [0.05, 0.1) is 10.9 Å². The molecule has 128 valence electrons. The zero-order valence-electron chi connectivity index (χ0n) is 13.4. The van der Waals surface area contributed by atoms with Crippen molar-refractivity contribution >= 4 is 15.7 Å². The fourth-order valence-corrected chi connectivity index (χ4v) is 2.53. The number of nitrogens with zero attached hydrogens (tertiary/aromatic N) is 1. The zero-order chi connectivity index (χ0) is 17.7. The first-order chi connectivity index (χ1) is 11.3. The van der Waals surface area contributed by atoms with Crippen molar-refractivity contribution in [3.8, 4) is 11.6 Å². The van der Waals surface area contributed by atoms with Crippen LogP contribution < -0.4 is 15.8 Å². The van der Waals surface area contributed by atoms with Crippen LogP contribution >= 0.6 is 0 Å². The van der Waals surface area contributed by atoms with Crippen LogP contribution in [0.1, 0.15) is 12.5 Å². The lowest BCUT2D eigenvalue weighted by Gasteiger charge is -2.12. The Morgan fingerprint density at radius 3 is 2.75 bits per heavy atom. The van der Waals surface area contributed by atoms with Gasteiger partial charge >= 0.3 is 0 Å². The first-order valence-corrected chi connectivity index (χ1v) is 9.11. The fraction of sp³-hybridized carbons (Fsp3) is 0.250. The van der Waals surface area contributed by atoms with E-state index in [-0.39, 0.29) is 23.2 Å². The van der Waals surface area contributed by atoms with Crippen molar-refractivity contribution in [2.45, 2.75) is 24.4 Å². The summed E-state index contributed by atoms with van der Waals surface area (Å²) in [4.78, 5) is 15.9. The number of rotatable bonds is 6. The Morgan fingerprint density at radius 1 is 1.33 bits per heavy atom. The molecule has 1 heterocycles. The number of benzene rings is 1. The third-order valence-corrected chi connectivity index (χ3v) is 4.28. The number of sulfone groups is 1. The quantitative estimate of drug-likeness (QED) is 0.811. The van der Waals surface area contributed by atoms with Crippen LogP contribution in [-0.4, -0.2) is 31.6 Å². The highest BCUT2D eigenvalue weighted by Gasteiger charge is 2.12. The predicted molar refractivity (Wildman–Crippen MR) is 89.4 cm³/mol. The van der Waals surface area contributed by atoms with Crippen molar-refractivity contribution in [1.82, 2.24) is 10.3 Å². The monoisotopic (exact) mass is 349 g/mol. The van der Waals surface area contributed by atoms with Crippen LogP contribution in [0.3, 0.4) is 0 Å². The van der Waals surface area contributed by atoms with Gasteiger partial charge in [-0.15, -0.1) is 0 Å². The van der Waals surface area contributed by atoms with E-state index in [9.17, 15) is 13.2 Å². The molecule has 8 heteroatoms. The molecule has 0 aliphatic heterocycles. The maximum absolute atomic E-state index is 11.6. The van der Waals surface area contributed by atoms with Crippen molar-refractivity contribution in [3.05, 3.63) is 48.2 Å². The minimum absolute atomic E-state index is 0.155. The molecule has 24 heavy (non-hydrogen) atoms. The molecule has 1 atom stereocenters. The van der Waals surface area contributed by atoms with Crippen molar-refractivity contribution < 1.29 is 17.9 Å². The summed E-state index contributed by atoms with van der Waals surface area (Å²) in [7, 11) is -3.33. The highest BCUT2D eigenvalue weighted by atomic mass is 32.2. The van der Waals surface area contributed by atoms with E-state index in [0.29, 0.717) is 11.3 Å². The Kier molecular flexibility index (Phi) is 5.53. The minimum atomic E-state index is -3.33. The first kappa shape index (κ1) is 17.9. The van der Waals surface area contributed by atoms with Crippen LogP contribution in [0.5, 0.6) is 11.6 Å². The second-order valence-electron chi connectivity index (χ2n) is 5.32. The molecule has 3 N–H and O–H groups in total. The Morgan fingerprint density at radius 2 is 2.08 bits per heavy atom. The number of carbonyl (C=O) groups excluding carboxylic acids is 1. The molecule has 0 aliphatic carbocycles. The number of nitrogens with two attached hydrogens (primary N) is 1. The molecular weight excluding hydrogens is 330 g/mol. The van der Waals surface area contributed by atoms with Crippen molar-refractivity contribution in [2.24, 2.45) is 5.73 Å². The van der Waals surface area contributed by atoms with E-state index in [2.05, 4.69) is 10.3 Å². The molecule has 0 saturated heterocycles. The number of hydrogen-bond donors (Lipinski definition) is 2. The molecule has 1 aromatic carbocycles. The number of nitrogens with one attached hydrogen (secondary N) is 1. The summed E-state index contributed by atoms with van der Waals surface area (Å²) in [6.45, 7) is 1.79. The van der Waals surface area contributed by atoms with Crippen LogP contribution in [0.2, 0.25) is 0 Å². The molecule has 0 radical (unpaired) electrons. The molecule has 2 rings (SSSR count). The topological polar surface area (TPSA) is 111 Å². The number of carbonyl (C=O) groups is 1. The molecule has 0 fully saturated rings. The number of ether oxygens (including phenoxy) is 1. The van der Waals surface area contributed by atoms with Crippen molar-refractivity contribution in [3.63, 3.8) is 0 Å². The van der Waals surface area contributed by atoms with Gasteiger partial charge in [0, 0.05) is 24.6 Å². The standard InChI is InChI=1S/C16H19N3O4S/c1-11(17)15(20)19-10-12-5-4-8-18-16(12)23-13-6-3-7-14(9-13)24(2,21)22/h3-9,11H,10,17H2,1-2H3,(H,19,20)/t11-/m1/s1. The summed E-state index contributed by atoms with van der Waals surface area (Å²) >= 11 is 0. The summed E-state index contributed by atoms with van der Waals surface area (Å²) in [5, 5.41) is 2.68. The average Bonchev–Trinajstić information content (AvgIpc) is 2.53. The Labute approximate surface area is 140 Å². The van der Waals surface area contributed by atoms with Crippen LogP contribution in [0, 0.1) is 0 Å². The lowest BCUT2D eigenvalue weighted by molar-refractivity contribution is -0.122. The second-order valence-corrected chi connectivity index (χ2v) is 7.34. The van der Waals surface area contributed by atoms with Gasteiger partial charge < -0.3 is 15.8 Å². The van der Waals surface area contributed by atoms with Gasteiger partial charge in [-0.1, -0.05) is 12.1 Å². The van der Waals surface area contributed by atoms with Gasteiger partial charge in [0.2, 0.25) is 11.8 Å².